The second kappa shape index (κ2) is 8.07. The molecule has 4 heteroatoms. The fourth-order valence-electron chi connectivity index (χ4n) is 2.63. The van der Waals surface area contributed by atoms with Gasteiger partial charge in [-0.05, 0) is 37.0 Å². The maximum absolute atomic E-state index is 12.1. The summed E-state index contributed by atoms with van der Waals surface area (Å²) in [4.78, 5) is 12.1. The van der Waals surface area contributed by atoms with Gasteiger partial charge in [-0.3, -0.25) is 4.79 Å². The Hall–Kier alpha value is -1.50. The number of nitrogens with one attached hydrogen (secondary N) is 1. The summed E-state index contributed by atoms with van der Waals surface area (Å²) in [5, 5.41) is 3.49. The van der Waals surface area contributed by atoms with E-state index in [9.17, 15) is 4.79 Å². The summed E-state index contributed by atoms with van der Waals surface area (Å²) in [6.45, 7) is 1.05. The molecule has 0 unspecified atom stereocenters. The number of hydrogen-bond acceptors (Lipinski definition) is 2. The number of carbonyl (C=O) groups excluding carboxylic acids is 1. The highest BCUT2D eigenvalue weighted by Crippen LogP contribution is 2.23. The Morgan fingerprint density at radius 1 is 1.33 bits per heavy atom. The second-order valence-corrected chi connectivity index (χ2v) is 5.82. The summed E-state index contributed by atoms with van der Waals surface area (Å²) >= 11 is 6.13. The monoisotopic (exact) mass is 304 g/mol. The van der Waals surface area contributed by atoms with E-state index in [0.717, 1.165) is 6.54 Å². The third-order valence-corrected chi connectivity index (χ3v) is 4.15. The molecule has 0 aliphatic heterocycles. The summed E-state index contributed by atoms with van der Waals surface area (Å²) in [6.07, 6.45) is 6.32. The van der Waals surface area contributed by atoms with E-state index in [-0.39, 0.29) is 5.91 Å². The summed E-state index contributed by atoms with van der Waals surface area (Å²) in [5.41, 5.74) is 6.61. The van der Waals surface area contributed by atoms with Gasteiger partial charge in [0.05, 0.1) is 11.6 Å². The van der Waals surface area contributed by atoms with Crippen LogP contribution in [-0.4, -0.2) is 19.0 Å². The van der Waals surface area contributed by atoms with Gasteiger partial charge < -0.3 is 11.1 Å². The largest absolute Gasteiger partial charge is 0.352 e. The molecule has 112 valence electrons. The molecule has 21 heavy (non-hydrogen) atoms. The van der Waals surface area contributed by atoms with Crippen molar-refractivity contribution in [1.29, 1.82) is 0 Å². The minimum absolute atomic E-state index is 0.0687. The van der Waals surface area contributed by atoms with Crippen LogP contribution in [0.15, 0.2) is 18.2 Å². The van der Waals surface area contributed by atoms with Crippen molar-refractivity contribution in [3.63, 3.8) is 0 Å². The van der Waals surface area contributed by atoms with E-state index in [1.165, 1.54) is 32.1 Å². The van der Waals surface area contributed by atoms with Crippen molar-refractivity contribution >= 4 is 17.5 Å². The Morgan fingerprint density at radius 3 is 2.76 bits per heavy atom. The smallest absolute Gasteiger partial charge is 0.251 e. The van der Waals surface area contributed by atoms with Crippen molar-refractivity contribution in [2.45, 2.75) is 32.1 Å². The normalized spacial score (nSPS) is 15.1. The minimum Gasteiger partial charge on any atom is -0.352 e. The third kappa shape index (κ3) is 4.77. The van der Waals surface area contributed by atoms with Crippen molar-refractivity contribution in [1.82, 2.24) is 5.32 Å². The van der Waals surface area contributed by atoms with Gasteiger partial charge in [0.15, 0.2) is 0 Å². The van der Waals surface area contributed by atoms with Gasteiger partial charge in [0.1, 0.15) is 0 Å². The van der Waals surface area contributed by atoms with Crippen LogP contribution in [-0.2, 0) is 0 Å². The second-order valence-electron chi connectivity index (χ2n) is 5.41. The maximum Gasteiger partial charge on any atom is 0.251 e. The number of rotatable bonds is 3. The van der Waals surface area contributed by atoms with Crippen LogP contribution in [0, 0.1) is 17.8 Å². The first-order chi connectivity index (χ1) is 10.2. The van der Waals surface area contributed by atoms with Gasteiger partial charge in [0.25, 0.3) is 5.91 Å². The van der Waals surface area contributed by atoms with Crippen molar-refractivity contribution in [2.24, 2.45) is 11.7 Å². The van der Waals surface area contributed by atoms with E-state index in [2.05, 4.69) is 17.2 Å². The fourth-order valence-corrected chi connectivity index (χ4v) is 2.86. The Bertz CT molecular complexity index is 554. The summed E-state index contributed by atoms with van der Waals surface area (Å²) < 4.78 is 0. The highest BCUT2D eigenvalue weighted by molar-refractivity contribution is 6.32. The van der Waals surface area contributed by atoms with E-state index in [1.807, 2.05) is 0 Å². The summed E-state index contributed by atoms with van der Waals surface area (Å²) in [7, 11) is 0. The van der Waals surface area contributed by atoms with Gasteiger partial charge in [-0.25, -0.2) is 0 Å². The number of hydrogen-bond donors (Lipinski definition) is 2. The molecule has 0 aromatic heterocycles. The van der Waals surface area contributed by atoms with Gasteiger partial charge in [0, 0.05) is 17.7 Å². The average Bonchev–Trinajstić information content (AvgIpc) is 2.52. The zero-order valence-corrected chi connectivity index (χ0v) is 12.9. The molecule has 0 atom stereocenters. The molecule has 3 nitrogen and oxygen atoms in total. The quantitative estimate of drug-likeness (QED) is 0.844. The third-order valence-electron chi connectivity index (χ3n) is 3.83. The zero-order chi connectivity index (χ0) is 15.1. The van der Waals surface area contributed by atoms with Gasteiger partial charge in [-0.1, -0.05) is 42.7 Å². The lowest BCUT2D eigenvalue weighted by Gasteiger charge is -2.21. The highest BCUT2D eigenvalue weighted by Gasteiger charge is 2.15. The molecule has 3 N–H and O–H groups in total. The van der Waals surface area contributed by atoms with Crippen LogP contribution in [0.4, 0.5) is 0 Å². The Labute approximate surface area is 131 Å². The highest BCUT2D eigenvalue weighted by atomic mass is 35.5. The van der Waals surface area contributed by atoms with E-state index < -0.39 is 0 Å². The van der Waals surface area contributed by atoms with Crippen molar-refractivity contribution in [3.8, 4) is 11.8 Å². The molecule has 0 spiro atoms. The van der Waals surface area contributed by atoms with Crippen molar-refractivity contribution < 1.29 is 4.79 Å². The predicted octanol–water partition coefficient (Wildman–Crippen LogP) is 2.96. The Balaban J connectivity index is 1.94. The number of benzene rings is 1. The standard InChI is InChI=1S/C17H21ClN2O/c18-16-11-15(9-8-14(16)7-4-10-19)17(21)20-12-13-5-2-1-3-6-13/h8-9,11,13H,1-3,5-6,10,12,19H2,(H,20,21). The lowest BCUT2D eigenvalue weighted by atomic mass is 9.89. The van der Waals surface area contributed by atoms with E-state index in [0.29, 0.717) is 28.6 Å². The zero-order valence-electron chi connectivity index (χ0n) is 12.1. The van der Waals surface area contributed by atoms with Gasteiger partial charge >= 0.3 is 0 Å². The molecule has 1 aliphatic rings. The molecule has 0 saturated heterocycles. The van der Waals surface area contributed by atoms with E-state index in [1.54, 1.807) is 18.2 Å². The molecule has 1 aromatic carbocycles. The van der Waals surface area contributed by atoms with Crippen LogP contribution in [0.2, 0.25) is 5.02 Å². The number of amides is 1. The first kappa shape index (κ1) is 15.9. The summed E-state index contributed by atoms with van der Waals surface area (Å²) in [5.74, 6) is 6.19. The molecule has 2 rings (SSSR count). The predicted molar refractivity (Wildman–Crippen MR) is 86.3 cm³/mol. The van der Waals surface area contributed by atoms with Crippen molar-refractivity contribution in [3.05, 3.63) is 34.3 Å². The molecule has 0 heterocycles. The molecular formula is C17H21ClN2O. The number of carbonyl (C=O) groups is 1. The Morgan fingerprint density at radius 2 is 2.10 bits per heavy atom. The van der Waals surface area contributed by atoms with Gasteiger partial charge in [0.2, 0.25) is 0 Å². The Kier molecular flexibility index (Phi) is 6.10. The molecule has 0 bridgehead atoms. The molecule has 1 saturated carbocycles. The van der Waals surface area contributed by atoms with Crippen LogP contribution in [0.3, 0.4) is 0 Å². The molecule has 1 fully saturated rings. The van der Waals surface area contributed by atoms with Gasteiger partial charge in [-0.2, -0.15) is 0 Å². The van der Waals surface area contributed by atoms with Crippen LogP contribution < -0.4 is 11.1 Å². The topological polar surface area (TPSA) is 55.1 Å². The number of halogens is 1. The lowest BCUT2D eigenvalue weighted by Crippen LogP contribution is -2.30. The number of nitrogens with two attached hydrogens (primary N) is 1. The maximum atomic E-state index is 12.1. The molecular weight excluding hydrogens is 284 g/mol. The average molecular weight is 305 g/mol. The SMILES string of the molecule is NCC#Cc1ccc(C(=O)NCC2CCCCC2)cc1Cl. The van der Waals surface area contributed by atoms with Crippen LogP contribution in [0.1, 0.15) is 48.0 Å². The summed E-state index contributed by atoms with van der Waals surface area (Å²) in [6, 6.07) is 5.18. The fraction of sp³-hybridized carbons (Fsp3) is 0.471. The molecule has 1 amide bonds. The minimum atomic E-state index is -0.0687. The lowest BCUT2D eigenvalue weighted by molar-refractivity contribution is 0.0943. The first-order valence-electron chi connectivity index (χ1n) is 7.47. The van der Waals surface area contributed by atoms with E-state index in [4.69, 9.17) is 17.3 Å². The van der Waals surface area contributed by atoms with E-state index >= 15 is 0 Å². The molecule has 1 aromatic rings. The van der Waals surface area contributed by atoms with Crippen LogP contribution >= 0.6 is 11.6 Å². The first-order valence-corrected chi connectivity index (χ1v) is 7.85. The van der Waals surface area contributed by atoms with Crippen molar-refractivity contribution in [2.75, 3.05) is 13.1 Å². The molecule has 0 radical (unpaired) electrons. The van der Waals surface area contributed by atoms with Crippen LogP contribution in [0.25, 0.3) is 0 Å². The van der Waals surface area contributed by atoms with Gasteiger partial charge in [-0.15, -0.1) is 0 Å². The molecule has 1 aliphatic carbocycles. The van der Waals surface area contributed by atoms with Crippen LogP contribution in [0.5, 0.6) is 0 Å².